The van der Waals surface area contributed by atoms with Crippen molar-refractivity contribution in [1.29, 1.82) is 0 Å². The molecule has 0 spiro atoms. The Morgan fingerprint density at radius 2 is 2.00 bits per heavy atom. The van der Waals surface area contributed by atoms with Gasteiger partial charge in [0, 0.05) is 27.1 Å². The smallest absolute Gasteiger partial charge is 0.0303 e. The summed E-state index contributed by atoms with van der Waals surface area (Å²) >= 11 is 4.00. The Bertz CT molecular complexity index is 405. The lowest BCUT2D eigenvalue weighted by Gasteiger charge is -2.37. The Kier molecular flexibility index (Phi) is 5.38. The van der Waals surface area contributed by atoms with Crippen LogP contribution in [0.3, 0.4) is 0 Å². The van der Waals surface area contributed by atoms with Crippen LogP contribution in [0.15, 0.2) is 6.07 Å². The van der Waals surface area contributed by atoms with E-state index < -0.39 is 0 Å². The third-order valence-electron chi connectivity index (χ3n) is 4.47. The summed E-state index contributed by atoms with van der Waals surface area (Å²) in [6.45, 7) is 7.92. The van der Waals surface area contributed by atoms with E-state index in [1.807, 2.05) is 11.3 Å². The minimum atomic E-state index is 0.482. The molecule has 1 atom stereocenters. The first-order chi connectivity index (χ1) is 9.06. The molecule has 0 bridgehead atoms. The minimum Gasteiger partial charge on any atom is -0.309 e. The number of hydrogen-bond acceptors (Lipinski definition) is 3. The van der Waals surface area contributed by atoms with Crippen LogP contribution in [0, 0.1) is 13.8 Å². The SMILES string of the molecule is CSC1(CNC(C)c2cc(C)sc2C)CCCCC1. The molecular formula is C16H27NS2. The van der Waals surface area contributed by atoms with E-state index >= 15 is 0 Å². The van der Waals surface area contributed by atoms with Crippen LogP contribution in [0.5, 0.6) is 0 Å². The highest BCUT2D eigenvalue weighted by atomic mass is 32.2. The maximum absolute atomic E-state index is 3.80. The van der Waals surface area contributed by atoms with Gasteiger partial charge in [-0.15, -0.1) is 11.3 Å². The van der Waals surface area contributed by atoms with E-state index in [4.69, 9.17) is 0 Å². The van der Waals surface area contributed by atoms with Crippen LogP contribution in [0.4, 0.5) is 0 Å². The van der Waals surface area contributed by atoms with Gasteiger partial charge in [-0.25, -0.2) is 0 Å². The van der Waals surface area contributed by atoms with Gasteiger partial charge in [-0.1, -0.05) is 19.3 Å². The van der Waals surface area contributed by atoms with Crippen molar-refractivity contribution < 1.29 is 0 Å². The van der Waals surface area contributed by atoms with E-state index in [9.17, 15) is 0 Å². The van der Waals surface area contributed by atoms with Crippen molar-refractivity contribution in [3.05, 3.63) is 21.4 Å². The zero-order valence-corrected chi connectivity index (χ0v) is 14.3. The molecule has 0 saturated heterocycles. The predicted octanol–water partition coefficient (Wildman–Crippen LogP) is 5.08. The van der Waals surface area contributed by atoms with Crippen molar-refractivity contribution >= 4 is 23.1 Å². The summed E-state index contributed by atoms with van der Waals surface area (Å²) in [5.41, 5.74) is 1.49. The molecule has 0 amide bonds. The van der Waals surface area contributed by atoms with Crippen molar-refractivity contribution in [3.8, 4) is 0 Å². The molecule has 19 heavy (non-hydrogen) atoms. The molecule has 1 aliphatic rings. The van der Waals surface area contributed by atoms with Crippen LogP contribution in [0.1, 0.15) is 60.4 Å². The highest BCUT2D eigenvalue weighted by Crippen LogP contribution is 2.38. The van der Waals surface area contributed by atoms with Gasteiger partial charge < -0.3 is 5.32 Å². The molecular weight excluding hydrogens is 270 g/mol. The van der Waals surface area contributed by atoms with E-state index in [0.717, 1.165) is 6.54 Å². The quantitative estimate of drug-likeness (QED) is 0.813. The van der Waals surface area contributed by atoms with Crippen LogP contribution < -0.4 is 5.32 Å². The average Bonchev–Trinajstić information content (AvgIpc) is 2.76. The van der Waals surface area contributed by atoms with E-state index in [1.165, 1.54) is 47.4 Å². The molecule has 0 radical (unpaired) electrons. The van der Waals surface area contributed by atoms with Crippen molar-refractivity contribution in [3.63, 3.8) is 0 Å². The van der Waals surface area contributed by atoms with Gasteiger partial charge in [0.05, 0.1) is 0 Å². The number of thiophene rings is 1. The summed E-state index contributed by atoms with van der Waals surface area (Å²) in [6, 6.07) is 2.83. The van der Waals surface area contributed by atoms with E-state index in [0.29, 0.717) is 10.8 Å². The molecule has 0 aromatic carbocycles. The van der Waals surface area contributed by atoms with Gasteiger partial charge in [-0.2, -0.15) is 11.8 Å². The molecule has 0 aliphatic heterocycles. The van der Waals surface area contributed by atoms with Crippen LogP contribution in [-0.4, -0.2) is 17.5 Å². The summed E-state index contributed by atoms with van der Waals surface area (Å²) in [4.78, 5) is 2.90. The van der Waals surface area contributed by atoms with Gasteiger partial charge in [-0.05, 0) is 51.5 Å². The fourth-order valence-electron chi connectivity index (χ4n) is 3.18. The minimum absolute atomic E-state index is 0.482. The molecule has 1 nitrogen and oxygen atoms in total. The predicted molar refractivity (Wildman–Crippen MR) is 89.5 cm³/mol. The molecule has 1 saturated carbocycles. The molecule has 1 aliphatic carbocycles. The highest BCUT2D eigenvalue weighted by molar-refractivity contribution is 8.00. The second-order valence-corrected chi connectivity index (χ2v) is 8.65. The van der Waals surface area contributed by atoms with E-state index in [2.05, 4.69) is 50.2 Å². The van der Waals surface area contributed by atoms with Crippen LogP contribution in [-0.2, 0) is 0 Å². The Labute approximate surface area is 126 Å². The van der Waals surface area contributed by atoms with Crippen molar-refractivity contribution in [1.82, 2.24) is 5.32 Å². The monoisotopic (exact) mass is 297 g/mol. The van der Waals surface area contributed by atoms with Crippen molar-refractivity contribution in [2.45, 2.75) is 63.7 Å². The number of hydrogen-bond donors (Lipinski definition) is 1. The fourth-order valence-corrected chi connectivity index (χ4v) is 5.13. The van der Waals surface area contributed by atoms with Crippen LogP contribution >= 0.6 is 23.1 Å². The topological polar surface area (TPSA) is 12.0 Å². The molecule has 3 heteroatoms. The largest absolute Gasteiger partial charge is 0.309 e. The Balaban J connectivity index is 1.95. The van der Waals surface area contributed by atoms with Gasteiger partial charge in [-0.3, -0.25) is 0 Å². The Morgan fingerprint density at radius 3 is 2.53 bits per heavy atom. The zero-order chi connectivity index (χ0) is 13.9. The van der Waals surface area contributed by atoms with Crippen LogP contribution in [0.2, 0.25) is 0 Å². The molecule has 108 valence electrons. The van der Waals surface area contributed by atoms with Gasteiger partial charge in [0.1, 0.15) is 0 Å². The average molecular weight is 298 g/mol. The lowest BCUT2D eigenvalue weighted by molar-refractivity contribution is 0.367. The first-order valence-corrected chi connectivity index (χ1v) is 9.46. The molecule has 1 aromatic heterocycles. The third-order valence-corrected chi connectivity index (χ3v) is 6.87. The first-order valence-electron chi connectivity index (χ1n) is 7.42. The maximum Gasteiger partial charge on any atom is 0.0303 e. The molecule has 1 heterocycles. The molecule has 1 fully saturated rings. The van der Waals surface area contributed by atoms with Gasteiger partial charge in [0.2, 0.25) is 0 Å². The number of aryl methyl sites for hydroxylation is 2. The second kappa shape index (κ2) is 6.64. The van der Waals surface area contributed by atoms with Gasteiger partial charge in [0.25, 0.3) is 0 Å². The van der Waals surface area contributed by atoms with E-state index in [1.54, 1.807) is 0 Å². The van der Waals surface area contributed by atoms with Crippen LogP contribution in [0.25, 0.3) is 0 Å². The molecule has 1 unspecified atom stereocenters. The second-order valence-electron chi connectivity index (χ2n) is 5.92. The number of nitrogens with one attached hydrogen (secondary N) is 1. The number of rotatable bonds is 5. The highest BCUT2D eigenvalue weighted by Gasteiger charge is 2.31. The summed E-state index contributed by atoms with van der Waals surface area (Å²) in [5, 5.41) is 3.80. The molecule has 2 rings (SSSR count). The van der Waals surface area contributed by atoms with Crippen molar-refractivity contribution in [2.75, 3.05) is 12.8 Å². The van der Waals surface area contributed by atoms with Crippen molar-refractivity contribution in [2.24, 2.45) is 0 Å². The lowest BCUT2D eigenvalue weighted by Crippen LogP contribution is -2.40. The number of thioether (sulfide) groups is 1. The lowest BCUT2D eigenvalue weighted by atomic mass is 9.88. The summed E-state index contributed by atoms with van der Waals surface area (Å²) < 4.78 is 0.492. The molecule has 1 aromatic rings. The Morgan fingerprint density at radius 1 is 1.32 bits per heavy atom. The Hall–Kier alpha value is 0.01000. The third kappa shape index (κ3) is 3.77. The normalized spacial score (nSPS) is 20.4. The zero-order valence-electron chi connectivity index (χ0n) is 12.7. The molecule has 1 N–H and O–H groups in total. The summed E-state index contributed by atoms with van der Waals surface area (Å²) in [6.07, 6.45) is 9.31. The van der Waals surface area contributed by atoms with Gasteiger partial charge in [0.15, 0.2) is 0 Å². The summed E-state index contributed by atoms with van der Waals surface area (Å²) in [7, 11) is 0. The first kappa shape index (κ1) is 15.4. The van der Waals surface area contributed by atoms with E-state index in [-0.39, 0.29) is 0 Å². The van der Waals surface area contributed by atoms with Gasteiger partial charge >= 0.3 is 0 Å². The fraction of sp³-hybridized carbons (Fsp3) is 0.750. The maximum atomic E-state index is 3.80. The summed E-state index contributed by atoms with van der Waals surface area (Å²) in [5.74, 6) is 0. The standard InChI is InChI=1S/C16H27NS2/c1-12-10-15(14(3)19-12)13(2)17-11-16(18-4)8-6-5-7-9-16/h10,13,17H,5-9,11H2,1-4H3.